The highest BCUT2D eigenvalue weighted by Gasteiger charge is 2.15. The van der Waals surface area contributed by atoms with Crippen molar-refractivity contribution >= 4 is 29.1 Å². The van der Waals surface area contributed by atoms with Gasteiger partial charge in [-0.3, -0.25) is 4.79 Å². The normalized spacial score (nSPS) is 17.6. The number of piperidine rings is 1. The molecule has 1 aromatic heterocycles. The van der Waals surface area contributed by atoms with Gasteiger partial charge in [0.25, 0.3) is 0 Å². The number of rotatable bonds is 8. The van der Waals surface area contributed by atoms with Crippen LogP contribution >= 0.6 is 23.2 Å². The fraction of sp³-hybridized carbons (Fsp3) is 0.524. The molecule has 1 amide bonds. The van der Waals surface area contributed by atoms with Crippen molar-refractivity contribution in [3.63, 3.8) is 0 Å². The summed E-state index contributed by atoms with van der Waals surface area (Å²) in [5.41, 5.74) is 0.737. The summed E-state index contributed by atoms with van der Waals surface area (Å²) >= 11 is 12.1. The van der Waals surface area contributed by atoms with E-state index in [4.69, 9.17) is 27.6 Å². The van der Waals surface area contributed by atoms with Crippen molar-refractivity contribution in [2.75, 3.05) is 26.2 Å². The predicted octanol–water partition coefficient (Wildman–Crippen LogP) is 4.82. The number of nitrogens with one attached hydrogen (secondary N) is 1. The molecule has 152 valence electrons. The molecule has 0 saturated carbocycles. The summed E-state index contributed by atoms with van der Waals surface area (Å²) in [6.45, 7) is 6.43. The van der Waals surface area contributed by atoms with Gasteiger partial charge in [-0.25, -0.2) is 4.98 Å². The number of carbonyl (C=O) groups is 1. The SMILES string of the molecule is CC1CCCN(CCCNC(=O)CCc2ncc(-c3ccc(Cl)cc3Cl)o2)C1. The van der Waals surface area contributed by atoms with E-state index in [2.05, 4.69) is 22.1 Å². The molecule has 1 fully saturated rings. The van der Waals surface area contributed by atoms with E-state index in [0.717, 1.165) is 24.4 Å². The van der Waals surface area contributed by atoms with E-state index in [9.17, 15) is 4.79 Å². The van der Waals surface area contributed by atoms with E-state index in [1.54, 1.807) is 24.4 Å². The minimum absolute atomic E-state index is 0.0243. The molecule has 0 bridgehead atoms. The van der Waals surface area contributed by atoms with Gasteiger partial charge in [0.1, 0.15) is 0 Å². The molecule has 1 N–H and O–H groups in total. The van der Waals surface area contributed by atoms with Crippen LogP contribution in [0.15, 0.2) is 28.8 Å². The predicted molar refractivity (Wildman–Crippen MR) is 113 cm³/mol. The van der Waals surface area contributed by atoms with Crippen molar-refractivity contribution in [2.24, 2.45) is 5.92 Å². The van der Waals surface area contributed by atoms with E-state index >= 15 is 0 Å². The zero-order chi connectivity index (χ0) is 19.9. The maximum Gasteiger partial charge on any atom is 0.220 e. The molecule has 1 saturated heterocycles. The maximum atomic E-state index is 12.1. The van der Waals surface area contributed by atoms with Gasteiger partial charge in [-0.2, -0.15) is 0 Å². The Balaban J connectivity index is 1.37. The van der Waals surface area contributed by atoms with Crippen LogP contribution < -0.4 is 5.32 Å². The Kier molecular flexibility index (Phi) is 7.77. The Morgan fingerprint density at radius 2 is 2.25 bits per heavy atom. The summed E-state index contributed by atoms with van der Waals surface area (Å²) in [6.07, 6.45) is 6.04. The summed E-state index contributed by atoms with van der Waals surface area (Å²) in [5.74, 6) is 1.92. The Bertz CT molecular complexity index is 794. The molecule has 2 heterocycles. The molecule has 1 aromatic carbocycles. The molecule has 1 aliphatic heterocycles. The van der Waals surface area contributed by atoms with Gasteiger partial charge in [-0.05, 0) is 56.5 Å². The third-order valence-corrected chi connectivity index (χ3v) is 5.58. The maximum absolute atomic E-state index is 12.1. The molecule has 28 heavy (non-hydrogen) atoms. The van der Waals surface area contributed by atoms with E-state index in [1.807, 2.05) is 0 Å². The van der Waals surface area contributed by atoms with Gasteiger partial charge in [-0.15, -0.1) is 0 Å². The number of aryl methyl sites for hydroxylation is 1. The van der Waals surface area contributed by atoms with Gasteiger partial charge in [-0.1, -0.05) is 30.1 Å². The number of aromatic nitrogens is 1. The highest BCUT2D eigenvalue weighted by molar-refractivity contribution is 6.36. The van der Waals surface area contributed by atoms with Crippen molar-refractivity contribution in [1.29, 1.82) is 0 Å². The smallest absolute Gasteiger partial charge is 0.220 e. The van der Waals surface area contributed by atoms with Crippen LogP contribution in [0.5, 0.6) is 0 Å². The second-order valence-corrected chi connectivity index (χ2v) is 8.34. The number of amides is 1. The van der Waals surface area contributed by atoms with Crippen molar-refractivity contribution in [3.8, 4) is 11.3 Å². The first-order valence-electron chi connectivity index (χ1n) is 9.90. The molecule has 0 spiro atoms. The molecule has 2 aromatic rings. The number of hydrogen-bond acceptors (Lipinski definition) is 4. The van der Waals surface area contributed by atoms with Crippen molar-refractivity contribution < 1.29 is 9.21 Å². The zero-order valence-corrected chi connectivity index (χ0v) is 17.7. The average molecular weight is 424 g/mol. The molecular weight excluding hydrogens is 397 g/mol. The Morgan fingerprint density at radius 3 is 3.04 bits per heavy atom. The van der Waals surface area contributed by atoms with Crippen LogP contribution in [0.4, 0.5) is 0 Å². The fourth-order valence-electron chi connectivity index (χ4n) is 3.57. The molecule has 5 nitrogen and oxygen atoms in total. The largest absolute Gasteiger partial charge is 0.441 e. The molecule has 1 atom stereocenters. The third-order valence-electron chi connectivity index (χ3n) is 5.03. The minimum atomic E-state index is 0.0243. The number of benzene rings is 1. The van der Waals surface area contributed by atoms with E-state index in [1.165, 1.54) is 25.9 Å². The van der Waals surface area contributed by atoms with Crippen LogP contribution in [0.3, 0.4) is 0 Å². The summed E-state index contributed by atoms with van der Waals surface area (Å²) < 4.78 is 5.73. The summed E-state index contributed by atoms with van der Waals surface area (Å²) in [4.78, 5) is 18.8. The van der Waals surface area contributed by atoms with Crippen LogP contribution in [0.25, 0.3) is 11.3 Å². The van der Waals surface area contributed by atoms with Gasteiger partial charge >= 0.3 is 0 Å². The lowest BCUT2D eigenvalue weighted by atomic mass is 10.0. The van der Waals surface area contributed by atoms with Crippen LogP contribution in [-0.4, -0.2) is 42.0 Å². The summed E-state index contributed by atoms with van der Waals surface area (Å²) in [5, 5.41) is 4.07. The lowest BCUT2D eigenvalue weighted by Crippen LogP contribution is -2.36. The molecule has 0 aliphatic carbocycles. The summed E-state index contributed by atoms with van der Waals surface area (Å²) in [6, 6.07) is 5.21. The highest BCUT2D eigenvalue weighted by Crippen LogP contribution is 2.30. The van der Waals surface area contributed by atoms with E-state index < -0.39 is 0 Å². The summed E-state index contributed by atoms with van der Waals surface area (Å²) in [7, 11) is 0. The van der Waals surface area contributed by atoms with E-state index in [0.29, 0.717) is 41.1 Å². The zero-order valence-electron chi connectivity index (χ0n) is 16.2. The molecular formula is C21H27Cl2N3O2. The molecule has 3 rings (SSSR count). The highest BCUT2D eigenvalue weighted by atomic mass is 35.5. The number of nitrogens with zero attached hydrogens (tertiary/aromatic N) is 2. The van der Waals surface area contributed by atoms with Crippen molar-refractivity contribution in [3.05, 3.63) is 40.3 Å². The van der Waals surface area contributed by atoms with Crippen LogP contribution in [-0.2, 0) is 11.2 Å². The molecule has 1 aliphatic rings. The average Bonchev–Trinajstić information content (AvgIpc) is 3.12. The van der Waals surface area contributed by atoms with Crippen molar-refractivity contribution in [1.82, 2.24) is 15.2 Å². The van der Waals surface area contributed by atoms with Crippen LogP contribution in [0, 0.1) is 5.92 Å². The first-order chi connectivity index (χ1) is 13.5. The first kappa shape index (κ1) is 21.2. The standard InChI is InChI=1S/C21H27Cl2N3O2/c1-15-4-2-10-26(14-15)11-3-9-24-20(27)7-8-21-25-13-19(28-21)17-6-5-16(22)12-18(17)23/h5-6,12-13,15H,2-4,7-11,14H2,1H3,(H,24,27). The third kappa shape index (κ3) is 6.23. The number of halogens is 2. The minimum Gasteiger partial charge on any atom is -0.441 e. The number of carbonyl (C=O) groups excluding carboxylic acids is 1. The number of likely N-dealkylation sites (tertiary alicyclic amines) is 1. The quantitative estimate of drug-likeness (QED) is 0.618. The van der Waals surface area contributed by atoms with Gasteiger partial charge in [0.05, 0.1) is 11.2 Å². The second-order valence-electron chi connectivity index (χ2n) is 7.49. The van der Waals surface area contributed by atoms with Gasteiger partial charge in [0.15, 0.2) is 11.7 Å². The second kappa shape index (κ2) is 10.3. The lowest BCUT2D eigenvalue weighted by Gasteiger charge is -2.30. The van der Waals surface area contributed by atoms with E-state index in [-0.39, 0.29) is 5.91 Å². The van der Waals surface area contributed by atoms with Gasteiger partial charge in [0.2, 0.25) is 5.91 Å². The molecule has 1 unspecified atom stereocenters. The Labute approximate surface area is 176 Å². The topological polar surface area (TPSA) is 58.4 Å². The Hall–Kier alpha value is -1.56. The van der Waals surface area contributed by atoms with Crippen LogP contribution in [0.1, 0.15) is 38.5 Å². The van der Waals surface area contributed by atoms with Crippen LogP contribution in [0.2, 0.25) is 10.0 Å². The lowest BCUT2D eigenvalue weighted by molar-refractivity contribution is -0.121. The van der Waals surface area contributed by atoms with Gasteiger partial charge < -0.3 is 14.6 Å². The number of hydrogen-bond donors (Lipinski definition) is 1. The molecule has 0 radical (unpaired) electrons. The van der Waals surface area contributed by atoms with Crippen molar-refractivity contribution in [2.45, 2.75) is 39.0 Å². The molecule has 7 heteroatoms. The Morgan fingerprint density at radius 1 is 1.39 bits per heavy atom. The fourth-order valence-corrected chi connectivity index (χ4v) is 4.07. The monoisotopic (exact) mass is 423 g/mol. The van der Waals surface area contributed by atoms with Gasteiger partial charge in [0, 0.05) is 36.5 Å². The number of oxazole rings is 1. The first-order valence-corrected chi connectivity index (χ1v) is 10.7.